The van der Waals surface area contributed by atoms with Crippen molar-refractivity contribution >= 4 is 5.78 Å². The second-order valence-electron chi connectivity index (χ2n) is 12.6. The molecule has 3 heteroatoms. The minimum Gasteiger partial charge on any atom is -0.390 e. The van der Waals surface area contributed by atoms with E-state index in [0.717, 1.165) is 38.5 Å². The Balaban J connectivity index is 1.54. The number of carbonyl (C=O) groups is 1. The summed E-state index contributed by atoms with van der Waals surface area (Å²) in [5, 5.41) is 21.6. The van der Waals surface area contributed by atoms with Gasteiger partial charge in [0, 0.05) is 12.3 Å². The Morgan fingerprint density at radius 3 is 2.50 bits per heavy atom. The fraction of sp³-hybridized carbons (Fsp3) is 0.889. The second-order valence-corrected chi connectivity index (χ2v) is 12.6. The van der Waals surface area contributed by atoms with E-state index in [1.807, 2.05) is 20.8 Å². The summed E-state index contributed by atoms with van der Waals surface area (Å²) >= 11 is 0. The van der Waals surface area contributed by atoms with Crippen molar-refractivity contribution in [2.24, 2.45) is 34.5 Å². The highest BCUT2D eigenvalue weighted by Gasteiger charge is 2.60. The SMILES string of the molecule is CC(C)(O)CCC[C@](C)(O)C1CC=C2C3CC(=O)[C@H]4CCCCC4(C)C3CCC21C. The third-order valence-corrected chi connectivity index (χ3v) is 10.00. The molecule has 4 rings (SSSR count). The molecule has 30 heavy (non-hydrogen) atoms. The lowest BCUT2D eigenvalue weighted by molar-refractivity contribution is -0.144. The van der Waals surface area contributed by atoms with Crippen molar-refractivity contribution < 1.29 is 15.0 Å². The number of Topliss-reactive ketones (excluding diaryl/α,β-unsaturated/α-hetero) is 1. The van der Waals surface area contributed by atoms with Gasteiger partial charge in [-0.3, -0.25) is 4.79 Å². The maximum atomic E-state index is 13.2. The average molecular weight is 417 g/mol. The number of rotatable bonds is 5. The maximum absolute atomic E-state index is 13.2. The fourth-order valence-electron chi connectivity index (χ4n) is 8.43. The lowest BCUT2D eigenvalue weighted by Gasteiger charge is -2.59. The third-order valence-electron chi connectivity index (χ3n) is 10.00. The average Bonchev–Trinajstić information content (AvgIpc) is 2.99. The van der Waals surface area contributed by atoms with Gasteiger partial charge < -0.3 is 10.2 Å². The molecule has 0 aromatic carbocycles. The van der Waals surface area contributed by atoms with Gasteiger partial charge >= 0.3 is 0 Å². The number of allylic oxidation sites excluding steroid dienone is 2. The van der Waals surface area contributed by atoms with E-state index in [1.165, 1.54) is 31.3 Å². The number of carbonyl (C=O) groups excluding carboxylic acids is 1. The largest absolute Gasteiger partial charge is 0.390 e. The van der Waals surface area contributed by atoms with Crippen LogP contribution >= 0.6 is 0 Å². The second kappa shape index (κ2) is 7.44. The minimum absolute atomic E-state index is 0.0115. The Kier molecular flexibility index (Phi) is 5.59. The molecular formula is C27H44O3. The van der Waals surface area contributed by atoms with E-state index in [4.69, 9.17) is 0 Å². The van der Waals surface area contributed by atoms with Crippen molar-refractivity contribution in [1.82, 2.24) is 0 Å². The number of aliphatic hydroxyl groups is 2. The molecule has 4 aliphatic rings. The van der Waals surface area contributed by atoms with Crippen LogP contribution in [0.1, 0.15) is 105 Å². The normalized spacial score (nSPS) is 43.3. The summed E-state index contributed by atoms with van der Waals surface area (Å²) in [5.41, 5.74) is 0.294. The number of hydrogen-bond donors (Lipinski definition) is 2. The van der Waals surface area contributed by atoms with Crippen molar-refractivity contribution in [2.75, 3.05) is 0 Å². The van der Waals surface area contributed by atoms with Crippen molar-refractivity contribution in [3.63, 3.8) is 0 Å². The number of fused-ring (bicyclic) bond motifs is 5. The van der Waals surface area contributed by atoms with Crippen molar-refractivity contribution in [3.8, 4) is 0 Å². The summed E-state index contributed by atoms with van der Waals surface area (Å²) in [6.45, 7) is 10.5. The van der Waals surface area contributed by atoms with E-state index in [-0.39, 0.29) is 16.7 Å². The van der Waals surface area contributed by atoms with Crippen LogP contribution in [0.15, 0.2) is 11.6 Å². The molecule has 0 radical (unpaired) electrons. The summed E-state index contributed by atoms with van der Waals surface area (Å²) in [6, 6.07) is 0. The predicted octanol–water partition coefficient (Wildman–Crippen LogP) is 5.83. The van der Waals surface area contributed by atoms with Crippen molar-refractivity contribution in [3.05, 3.63) is 11.6 Å². The van der Waals surface area contributed by atoms with Crippen LogP contribution in [-0.4, -0.2) is 27.2 Å². The van der Waals surface area contributed by atoms with Crippen molar-refractivity contribution in [1.29, 1.82) is 0 Å². The third kappa shape index (κ3) is 3.62. The van der Waals surface area contributed by atoms with E-state index in [9.17, 15) is 15.0 Å². The minimum atomic E-state index is -0.735. The summed E-state index contributed by atoms with van der Waals surface area (Å²) in [5.74, 6) is 2.06. The monoisotopic (exact) mass is 416 g/mol. The zero-order valence-electron chi connectivity index (χ0n) is 20.0. The molecule has 3 saturated carbocycles. The van der Waals surface area contributed by atoms with Gasteiger partial charge in [-0.15, -0.1) is 0 Å². The van der Waals surface area contributed by atoms with E-state index in [2.05, 4.69) is 19.9 Å². The van der Waals surface area contributed by atoms with E-state index in [0.29, 0.717) is 30.0 Å². The lowest BCUT2D eigenvalue weighted by atomic mass is 9.45. The number of ketones is 1. The van der Waals surface area contributed by atoms with Gasteiger partial charge in [-0.2, -0.15) is 0 Å². The zero-order valence-corrected chi connectivity index (χ0v) is 20.0. The molecule has 0 aromatic rings. The first-order valence-electron chi connectivity index (χ1n) is 12.6. The maximum Gasteiger partial charge on any atom is 0.137 e. The van der Waals surface area contributed by atoms with Crippen LogP contribution < -0.4 is 0 Å². The van der Waals surface area contributed by atoms with Crippen LogP contribution in [0.5, 0.6) is 0 Å². The zero-order chi connectivity index (χ0) is 21.9. The van der Waals surface area contributed by atoms with E-state index >= 15 is 0 Å². The van der Waals surface area contributed by atoms with Crippen LogP contribution in [-0.2, 0) is 4.79 Å². The molecule has 170 valence electrons. The van der Waals surface area contributed by atoms with Gasteiger partial charge in [0.15, 0.2) is 0 Å². The molecule has 0 saturated heterocycles. The van der Waals surface area contributed by atoms with E-state index in [1.54, 1.807) is 0 Å². The van der Waals surface area contributed by atoms with Gasteiger partial charge in [0.1, 0.15) is 5.78 Å². The molecule has 0 aromatic heterocycles. The Bertz CT molecular complexity index is 714. The van der Waals surface area contributed by atoms with Crippen LogP contribution in [0, 0.1) is 34.5 Å². The fourth-order valence-corrected chi connectivity index (χ4v) is 8.43. The smallest absolute Gasteiger partial charge is 0.137 e. The molecule has 4 aliphatic carbocycles. The lowest BCUT2D eigenvalue weighted by Crippen LogP contribution is -2.55. The molecule has 0 spiro atoms. The van der Waals surface area contributed by atoms with Crippen LogP contribution in [0.4, 0.5) is 0 Å². The Morgan fingerprint density at radius 1 is 1.07 bits per heavy atom. The Hall–Kier alpha value is -0.670. The Labute approximate surface area is 183 Å². The van der Waals surface area contributed by atoms with Gasteiger partial charge in [-0.25, -0.2) is 0 Å². The van der Waals surface area contributed by atoms with Gasteiger partial charge in [-0.05, 0) is 101 Å². The quantitative estimate of drug-likeness (QED) is 0.555. The molecule has 0 bridgehead atoms. The van der Waals surface area contributed by atoms with Crippen LogP contribution in [0.2, 0.25) is 0 Å². The molecule has 7 atom stereocenters. The first-order chi connectivity index (χ1) is 13.9. The highest BCUT2D eigenvalue weighted by Crippen LogP contribution is 2.66. The predicted molar refractivity (Wildman–Crippen MR) is 121 cm³/mol. The molecule has 3 fully saturated rings. The highest BCUT2D eigenvalue weighted by atomic mass is 16.3. The summed E-state index contributed by atoms with van der Waals surface area (Å²) < 4.78 is 0. The van der Waals surface area contributed by atoms with Crippen LogP contribution in [0.25, 0.3) is 0 Å². The Morgan fingerprint density at radius 2 is 1.80 bits per heavy atom. The molecule has 0 amide bonds. The molecular weight excluding hydrogens is 372 g/mol. The van der Waals surface area contributed by atoms with Gasteiger partial charge in [0.25, 0.3) is 0 Å². The van der Waals surface area contributed by atoms with Gasteiger partial charge in [-0.1, -0.05) is 38.3 Å². The van der Waals surface area contributed by atoms with Crippen molar-refractivity contribution in [2.45, 2.75) is 116 Å². The van der Waals surface area contributed by atoms with Gasteiger partial charge in [0.2, 0.25) is 0 Å². The summed E-state index contributed by atoms with van der Waals surface area (Å²) in [6.07, 6.45) is 13.5. The van der Waals surface area contributed by atoms with Crippen LogP contribution in [0.3, 0.4) is 0 Å². The van der Waals surface area contributed by atoms with E-state index < -0.39 is 11.2 Å². The summed E-state index contributed by atoms with van der Waals surface area (Å²) in [4.78, 5) is 13.2. The molecule has 3 nitrogen and oxygen atoms in total. The molecule has 5 unspecified atom stereocenters. The molecule has 0 heterocycles. The molecule has 2 N–H and O–H groups in total. The molecule has 0 aliphatic heterocycles. The standard InChI is InChI=1S/C27H44O3/c1-24(2,29)13-8-15-27(5,30)23-11-10-19-18-17-22(28)21-9-6-7-14-25(21,3)20(18)12-16-26(19,23)4/h10,18,20-21,23,29-30H,6-9,11-17H2,1-5H3/t18?,20?,21-,23?,25?,26?,27+/m1/s1. The summed E-state index contributed by atoms with van der Waals surface area (Å²) in [7, 11) is 0. The highest BCUT2D eigenvalue weighted by molar-refractivity contribution is 5.84. The number of hydrogen-bond acceptors (Lipinski definition) is 3. The topological polar surface area (TPSA) is 57.5 Å². The first kappa shape index (κ1) is 22.5. The van der Waals surface area contributed by atoms with Gasteiger partial charge in [0.05, 0.1) is 11.2 Å². The first-order valence-corrected chi connectivity index (χ1v) is 12.6.